The zero-order valence-electron chi connectivity index (χ0n) is 23.3. The smallest absolute Gasteiger partial charge is 0.416 e. The fraction of sp³-hybridized carbons (Fsp3) is 0.333. The summed E-state index contributed by atoms with van der Waals surface area (Å²) < 4.78 is 63.8. The van der Waals surface area contributed by atoms with E-state index in [9.17, 15) is 27.2 Å². The number of aromatic nitrogens is 2. The van der Waals surface area contributed by atoms with Crippen LogP contribution in [0.4, 0.5) is 23.2 Å². The van der Waals surface area contributed by atoms with Gasteiger partial charge in [-0.2, -0.15) is 13.2 Å². The zero-order chi connectivity index (χ0) is 30.9. The molecule has 0 spiro atoms. The van der Waals surface area contributed by atoms with E-state index in [-0.39, 0.29) is 23.1 Å². The minimum atomic E-state index is -4.85. The third-order valence-corrected chi connectivity index (χ3v) is 7.90. The van der Waals surface area contributed by atoms with E-state index in [1.54, 1.807) is 47.4 Å². The van der Waals surface area contributed by atoms with E-state index in [0.717, 1.165) is 27.3 Å². The maximum Gasteiger partial charge on any atom is 0.416 e. The SMILES string of the molecule is Cc1c(N2CCN(Cc3ccc(Cl)o3)CC2)c(=O)n(C[C@H](N)c2ccccc2)c(=O)n1Cc1c(F)cccc1C(F)(F)F. The summed E-state index contributed by atoms with van der Waals surface area (Å²) >= 11 is 5.88. The molecule has 1 aliphatic rings. The summed E-state index contributed by atoms with van der Waals surface area (Å²) in [5.74, 6) is -0.418. The number of anilines is 1. The van der Waals surface area contributed by atoms with Gasteiger partial charge in [0.25, 0.3) is 5.56 Å². The van der Waals surface area contributed by atoms with Crippen LogP contribution in [0, 0.1) is 12.7 Å². The monoisotopic (exact) mass is 619 g/mol. The Labute approximate surface area is 249 Å². The Balaban J connectivity index is 1.55. The molecule has 2 aromatic heterocycles. The second kappa shape index (κ2) is 12.4. The van der Waals surface area contributed by atoms with Gasteiger partial charge in [-0.3, -0.25) is 18.8 Å². The summed E-state index contributed by atoms with van der Waals surface area (Å²) in [5, 5.41) is 0.282. The number of alkyl halides is 3. The van der Waals surface area contributed by atoms with Crippen LogP contribution in [0.25, 0.3) is 0 Å². The van der Waals surface area contributed by atoms with E-state index in [1.165, 1.54) is 6.92 Å². The van der Waals surface area contributed by atoms with E-state index in [4.69, 9.17) is 21.8 Å². The van der Waals surface area contributed by atoms with Gasteiger partial charge in [-0.05, 0) is 48.4 Å². The second-order valence-corrected chi connectivity index (χ2v) is 10.8. The van der Waals surface area contributed by atoms with Crippen LogP contribution in [-0.2, 0) is 25.8 Å². The minimum Gasteiger partial charge on any atom is -0.448 e. The first kappa shape index (κ1) is 30.6. The fourth-order valence-corrected chi connectivity index (χ4v) is 5.59. The van der Waals surface area contributed by atoms with Crippen molar-refractivity contribution < 1.29 is 22.0 Å². The van der Waals surface area contributed by atoms with Gasteiger partial charge in [0.15, 0.2) is 5.22 Å². The molecule has 1 saturated heterocycles. The van der Waals surface area contributed by atoms with Gasteiger partial charge in [-0.25, -0.2) is 9.18 Å². The molecule has 5 rings (SSSR count). The van der Waals surface area contributed by atoms with Crippen LogP contribution in [-0.4, -0.2) is 40.2 Å². The van der Waals surface area contributed by atoms with Crippen molar-refractivity contribution in [1.82, 2.24) is 14.0 Å². The van der Waals surface area contributed by atoms with Crippen LogP contribution in [0.2, 0.25) is 5.22 Å². The maximum atomic E-state index is 14.9. The van der Waals surface area contributed by atoms with Crippen molar-refractivity contribution in [3.63, 3.8) is 0 Å². The summed E-state index contributed by atoms with van der Waals surface area (Å²) in [6.07, 6.45) is -4.85. The average molecular weight is 620 g/mol. The van der Waals surface area contributed by atoms with Crippen LogP contribution in [0.5, 0.6) is 0 Å². The summed E-state index contributed by atoms with van der Waals surface area (Å²) in [6, 6.07) is 14.2. The highest BCUT2D eigenvalue weighted by atomic mass is 35.5. The van der Waals surface area contributed by atoms with Crippen LogP contribution < -0.4 is 21.9 Å². The number of piperazine rings is 1. The maximum absolute atomic E-state index is 14.9. The van der Waals surface area contributed by atoms with E-state index < -0.39 is 47.0 Å². The van der Waals surface area contributed by atoms with Gasteiger partial charge in [0.2, 0.25) is 0 Å². The molecule has 1 aliphatic heterocycles. The topological polar surface area (TPSA) is 89.6 Å². The predicted octanol–water partition coefficient (Wildman–Crippen LogP) is 4.79. The van der Waals surface area contributed by atoms with Gasteiger partial charge in [0.1, 0.15) is 17.3 Å². The lowest BCUT2D eigenvalue weighted by molar-refractivity contribution is -0.138. The first-order valence-electron chi connectivity index (χ1n) is 13.6. The molecule has 4 aromatic rings. The number of nitrogens with two attached hydrogens (primary N) is 1. The Morgan fingerprint density at radius 3 is 2.26 bits per heavy atom. The van der Waals surface area contributed by atoms with E-state index in [2.05, 4.69) is 4.90 Å². The fourth-order valence-electron chi connectivity index (χ4n) is 5.43. The molecule has 0 amide bonds. The van der Waals surface area contributed by atoms with Crippen molar-refractivity contribution in [2.75, 3.05) is 31.1 Å². The van der Waals surface area contributed by atoms with Gasteiger partial charge in [-0.15, -0.1) is 0 Å². The van der Waals surface area contributed by atoms with Gasteiger partial charge in [0.05, 0.1) is 25.2 Å². The highest BCUT2D eigenvalue weighted by Gasteiger charge is 2.35. The van der Waals surface area contributed by atoms with E-state index in [1.807, 2.05) is 0 Å². The molecule has 13 heteroatoms. The third kappa shape index (κ3) is 6.56. The number of hydrogen-bond acceptors (Lipinski definition) is 6. The molecule has 43 heavy (non-hydrogen) atoms. The molecule has 1 atom stereocenters. The highest BCUT2D eigenvalue weighted by molar-refractivity contribution is 6.28. The molecule has 8 nitrogen and oxygen atoms in total. The number of halogens is 5. The molecular weight excluding hydrogens is 590 g/mol. The molecule has 2 aromatic carbocycles. The molecular formula is C30H30ClF4N5O3. The third-order valence-electron chi connectivity index (χ3n) is 7.70. The standard InChI is InChI=1S/C30H30ClF4N5O3/c1-19-27(38-14-12-37(13-15-38)16-21-10-11-26(31)43-21)28(41)40(18-25(36)20-6-3-2-4-7-20)29(42)39(19)17-22-23(30(33,34)35)8-5-9-24(22)32/h2-11,25H,12-18,36H2,1H3/t25-/m0/s1. The van der Waals surface area contributed by atoms with Gasteiger partial charge in [0, 0.05) is 43.5 Å². The molecule has 0 radical (unpaired) electrons. The van der Waals surface area contributed by atoms with Crippen LogP contribution in [0.1, 0.15) is 34.2 Å². The van der Waals surface area contributed by atoms with E-state index in [0.29, 0.717) is 44.0 Å². The molecule has 0 aliphatic carbocycles. The molecule has 0 bridgehead atoms. The normalized spacial score (nSPS) is 15.2. The molecule has 2 N–H and O–H groups in total. The lowest BCUT2D eigenvalue weighted by Crippen LogP contribution is -2.51. The number of nitrogens with zero attached hydrogens (tertiary/aromatic N) is 4. The Hall–Kier alpha value is -3.87. The summed E-state index contributed by atoms with van der Waals surface area (Å²) in [7, 11) is 0. The Morgan fingerprint density at radius 2 is 1.63 bits per heavy atom. The number of rotatable bonds is 8. The van der Waals surface area contributed by atoms with Crippen LogP contribution >= 0.6 is 11.6 Å². The molecule has 3 heterocycles. The summed E-state index contributed by atoms with van der Waals surface area (Å²) in [6.45, 7) is 2.89. The lowest BCUT2D eigenvalue weighted by atomic mass is 10.1. The lowest BCUT2D eigenvalue weighted by Gasteiger charge is -2.36. The van der Waals surface area contributed by atoms with Crippen molar-refractivity contribution in [3.05, 3.63) is 121 Å². The number of furan rings is 1. The molecule has 0 unspecified atom stereocenters. The molecule has 228 valence electrons. The largest absolute Gasteiger partial charge is 0.448 e. The van der Waals surface area contributed by atoms with Crippen molar-refractivity contribution >= 4 is 17.3 Å². The minimum absolute atomic E-state index is 0.141. The van der Waals surface area contributed by atoms with Crippen molar-refractivity contribution in [1.29, 1.82) is 0 Å². The average Bonchev–Trinajstić information content (AvgIpc) is 3.39. The van der Waals surface area contributed by atoms with E-state index >= 15 is 0 Å². The van der Waals surface area contributed by atoms with Crippen LogP contribution in [0.15, 0.2) is 74.7 Å². The Bertz CT molecular complexity index is 1710. The van der Waals surface area contributed by atoms with Crippen LogP contribution in [0.3, 0.4) is 0 Å². The zero-order valence-corrected chi connectivity index (χ0v) is 24.0. The quantitative estimate of drug-likeness (QED) is 0.285. The van der Waals surface area contributed by atoms with Gasteiger partial charge < -0.3 is 15.1 Å². The molecule has 0 saturated carbocycles. The predicted molar refractivity (Wildman–Crippen MR) is 155 cm³/mol. The van der Waals surface area contributed by atoms with Crippen molar-refractivity contribution in [2.24, 2.45) is 5.73 Å². The Kier molecular flexibility index (Phi) is 8.81. The number of hydrogen-bond donors (Lipinski definition) is 1. The Morgan fingerprint density at radius 1 is 0.930 bits per heavy atom. The van der Waals surface area contributed by atoms with Crippen molar-refractivity contribution in [3.8, 4) is 0 Å². The summed E-state index contributed by atoms with van der Waals surface area (Å²) in [5.41, 5.74) is 3.98. The van der Waals surface area contributed by atoms with Gasteiger partial charge >= 0.3 is 11.9 Å². The molecule has 1 fully saturated rings. The first-order chi connectivity index (χ1) is 20.4. The highest BCUT2D eigenvalue weighted by Crippen LogP contribution is 2.33. The summed E-state index contributed by atoms with van der Waals surface area (Å²) in [4.78, 5) is 31.6. The second-order valence-electron chi connectivity index (χ2n) is 10.5. The number of benzene rings is 2. The van der Waals surface area contributed by atoms with Gasteiger partial charge in [-0.1, -0.05) is 36.4 Å². The first-order valence-corrected chi connectivity index (χ1v) is 14.0. The van der Waals surface area contributed by atoms with Crippen molar-refractivity contribution in [2.45, 2.75) is 38.8 Å².